The first kappa shape index (κ1) is 11.5. The van der Waals surface area contributed by atoms with Crippen LogP contribution in [0.5, 0.6) is 0 Å². The minimum Gasteiger partial charge on any atom is -0.335 e. The highest BCUT2D eigenvalue weighted by Gasteiger charge is 2.57. The fourth-order valence-corrected chi connectivity index (χ4v) is 3.38. The Kier molecular flexibility index (Phi) is 1.95. The SMILES string of the molecule is CN1C(=O)C2C=CC1(C)C1C=CC2(C)N(C)C1=O. The van der Waals surface area contributed by atoms with E-state index in [4.69, 9.17) is 0 Å². The number of hydrogen-bond acceptors (Lipinski definition) is 2. The van der Waals surface area contributed by atoms with E-state index in [1.165, 1.54) is 0 Å². The van der Waals surface area contributed by atoms with Gasteiger partial charge in [-0.25, -0.2) is 0 Å². The molecule has 6 rings (SSSR count). The number of carbonyl (C=O) groups excluding carboxylic acids is 2. The Morgan fingerprint density at radius 2 is 1.22 bits per heavy atom. The Morgan fingerprint density at radius 3 is 1.56 bits per heavy atom. The fraction of sp³-hybridized carbons (Fsp3) is 0.571. The lowest BCUT2D eigenvalue weighted by Gasteiger charge is -2.56. The van der Waals surface area contributed by atoms with E-state index in [1.807, 2.05) is 38.2 Å². The van der Waals surface area contributed by atoms with Gasteiger partial charge in [-0.3, -0.25) is 9.59 Å². The molecule has 1 aliphatic carbocycles. The van der Waals surface area contributed by atoms with E-state index in [0.717, 1.165) is 0 Å². The molecule has 0 radical (unpaired) electrons. The zero-order valence-electron chi connectivity index (χ0n) is 11.2. The Bertz CT molecular complexity index is 464. The van der Waals surface area contributed by atoms with Crippen molar-refractivity contribution < 1.29 is 9.59 Å². The smallest absolute Gasteiger partial charge is 0.232 e. The van der Waals surface area contributed by atoms with Gasteiger partial charge in [-0.15, -0.1) is 0 Å². The van der Waals surface area contributed by atoms with Crippen LogP contribution in [0.4, 0.5) is 0 Å². The third kappa shape index (κ3) is 1.02. The molecular weight excluding hydrogens is 228 g/mol. The minimum atomic E-state index is -0.544. The second-order valence-corrected chi connectivity index (χ2v) is 5.92. The zero-order valence-corrected chi connectivity index (χ0v) is 11.2. The summed E-state index contributed by atoms with van der Waals surface area (Å²) in [5.41, 5.74) is -1.09. The summed E-state index contributed by atoms with van der Waals surface area (Å²) < 4.78 is 0. The van der Waals surface area contributed by atoms with Crippen LogP contribution < -0.4 is 0 Å². The lowest BCUT2D eigenvalue weighted by molar-refractivity contribution is -0.157. The third-order valence-electron chi connectivity index (χ3n) is 5.15. The molecule has 2 amide bonds. The maximum Gasteiger partial charge on any atom is 0.232 e. The number of carbonyl (C=O) groups is 2. The van der Waals surface area contributed by atoms with Crippen LogP contribution in [-0.2, 0) is 9.59 Å². The highest BCUT2D eigenvalue weighted by atomic mass is 16.2. The molecule has 1 saturated heterocycles. The van der Waals surface area contributed by atoms with Crippen molar-refractivity contribution in [1.29, 1.82) is 0 Å². The van der Waals surface area contributed by atoms with Crippen LogP contribution in [0.3, 0.4) is 0 Å². The molecule has 0 N–H and O–H groups in total. The van der Waals surface area contributed by atoms with Gasteiger partial charge in [0.15, 0.2) is 0 Å². The Morgan fingerprint density at radius 1 is 0.889 bits per heavy atom. The molecule has 1 fully saturated rings. The summed E-state index contributed by atoms with van der Waals surface area (Å²) in [5.74, 6) is -0.392. The zero-order chi connectivity index (χ0) is 13.3. The summed E-state index contributed by atoms with van der Waals surface area (Å²) in [5, 5.41) is 0. The van der Waals surface area contributed by atoms with Crippen LogP contribution in [0.15, 0.2) is 24.3 Å². The maximum atomic E-state index is 12.5. The molecule has 0 aromatic heterocycles. The Labute approximate surface area is 107 Å². The van der Waals surface area contributed by atoms with E-state index in [9.17, 15) is 9.59 Å². The first-order valence-corrected chi connectivity index (χ1v) is 6.26. The molecule has 4 nitrogen and oxygen atoms in total. The van der Waals surface area contributed by atoms with Crippen molar-refractivity contribution >= 4 is 11.8 Å². The molecule has 5 heterocycles. The quantitative estimate of drug-likeness (QED) is 0.593. The molecule has 6 aliphatic rings. The monoisotopic (exact) mass is 246 g/mol. The highest BCUT2D eigenvalue weighted by molar-refractivity contribution is 5.93. The highest BCUT2D eigenvalue weighted by Crippen LogP contribution is 2.45. The molecule has 4 bridgehead atoms. The number of rotatable bonds is 0. The van der Waals surface area contributed by atoms with E-state index in [2.05, 4.69) is 0 Å². The van der Waals surface area contributed by atoms with Gasteiger partial charge >= 0.3 is 0 Å². The predicted molar refractivity (Wildman–Crippen MR) is 67.6 cm³/mol. The number of amides is 2. The van der Waals surface area contributed by atoms with Gasteiger partial charge in [-0.2, -0.15) is 0 Å². The van der Waals surface area contributed by atoms with Gasteiger partial charge in [0.25, 0.3) is 0 Å². The van der Waals surface area contributed by atoms with Gasteiger partial charge in [0, 0.05) is 14.1 Å². The Hall–Kier alpha value is -1.58. The second kappa shape index (κ2) is 3.05. The van der Waals surface area contributed by atoms with Gasteiger partial charge in [-0.1, -0.05) is 24.3 Å². The lowest BCUT2D eigenvalue weighted by atomic mass is 9.67. The van der Waals surface area contributed by atoms with E-state index in [1.54, 1.807) is 23.9 Å². The van der Waals surface area contributed by atoms with Crippen molar-refractivity contribution in [2.24, 2.45) is 11.8 Å². The molecule has 4 heteroatoms. The van der Waals surface area contributed by atoms with Crippen molar-refractivity contribution in [1.82, 2.24) is 9.80 Å². The van der Waals surface area contributed by atoms with Crippen LogP contribution >= 0.6 is 0 Å². The average Bonchev–Trinajstić information content (AvgIpc) is 2.32. The van der Waals surface area contributed by atoms with E-state index in [0.29, 0.717) is 0 Å². The van der Waals surface area contributed by atoms with Crippen LogP contribution in [-0.4, -0.2) is 46.8 Å². The summed E-state index contributed by atoms with van der Waals surface area (Å²) in [7, 11) is 3.59. The van der Waals surface area contributed by atoms with E-state index >= 15 is 0 Å². The first-order chi connectivity index (χ1) is 8.32. The van der Waals surface area contributed by atoms with Gasteiger partial charge < -0.3 is 9.80 Å². The minimum absolute atomic E-state index is 0.0937. The normalized spacial score (nSPS) is 45.8. The summed E-state index contributed by atoms with van der Waals surface area (Å²) in [4.78, 5) is 28.5. The number of hydrogen-bond donors (Lipinski definition) is 0. The van der Waals surface area contributed by atoms with Crippen molar-refractivity contribution in [3.63, 3.8) is 0 Å². The van der Waals surface area contributed by atoms with Gasteiger partial charge in [0.2, 0.25) is 11.8 Å². The van der Waals surface area contributed by atoms with Crippen LogP contribution in [0.25, 0.3) is 0 Å². The van der Waals surface area contributed by atoms with Crippen LogP contribution in [0.1, 0.15) is 13.8 Å². The number of likely N-dealkylation sites (N-methyl/N-ethyl adjacent to an activating group) is 2. The molecular formula is C14H18N2O2. The van der Waals surface area contributed by atoms with Crippen LogP contribution in [0.2, 0.25) is 0 Å². The molecule has 5 aliphatic heterocycles. The van der Waals surface area contributed by atoms with Crippen molar-refractivity contribution in [3.8, 4) is 0 Å². The number of nitrogens with zero attached hydrogens (tertiary/aromatic N) is 2. The van der Waals surface area contributed by atoms with Crippen molar-refractivity contribution in [2.45, 2.75) is 24.9 Å². The Balaban J connectivity index is 2.30. The topological polar surface area (TPSA) is 40.6 Å². The molecule has 4 unspecified atom stereocenters. The lowest BCUT2D eigenvalue weighted by Crippen LogP contribution is -2.69. The largest absolute Gasteiger partial charge is 0.335 e. The molecule has 0 spiro atoms. The maximum absolute atomic E-state index is 12.5. The average molecular weight is 246 g/mol. The molecule has 18 heavy (non-hydrogen) atoms. The van der Waals surface area contributed by atoms with Gasteiger partial charge in [0.1, 0.15) is 0 Å². The molecule has 0 aromatic carbocycles. The van der Waals surface area contributed by atoms with Crippen molar-refractivity contribution in [2.75, 3.05) is 14.1 Å². The first-order valence-electron chi connectivity index (χ1n) is 6.26. The summed E-state index contributed by atoms with van der Waals surface area (Å²) in [6.45, 7) is 3.90. The van der Waals surface area contributed by atoms with E-state index < -0.39 is 11.1 Å². The van der Waals surface area contributed by atoms with Crippen molar-refractivity contribution in [3.05, 3.63) is 24.3 Å². The second-order valence-electron chi connectivity index (χ2n) is 5.92. The standard InChI is InChI=1S/C14H18N2O2/c1-13-7-5-10(12(18)15(13)3)14(2)8-6-9(13)11(17)16(14)4/h5-10H,1-4H3. The summed E-state index contributed by atoms with van der Waals surface area (Å²) >= 11 is 0. The van der Waals surface area contributed by atoms with Crippen LogP contribution in [0, 0.1) is 11.8 Å². The molecule has 0 saturated carbocycles. The summed E-state index contributed by atoms with van der Waals surface area (Å²) in [6.07, 6.45) is 8.00. The third-order valence-corrected chi connectivity index (χ3v) is 5.15. The fourth-order valence-electron chi connectivity index (χ4n) is 3.38. The predicted octanol–water partition coefficient (Wildman–Crippen LogP) is 0.806. The molecule has 96 valence electrons. The van der Waals surface area contributed by atoms with Gasteiger partial charge in [0.05, 0.1) is 22.9 Å². The summed E-state index contributed by atoms with van der Waals surface area (Å²) in [6, 6.07) is 0. The van der Waals surface area contributed by atoms with E-state index in [-0.39, 0.29) is 23.7 Å². The molecule has 4 atom stereocenters. The molecule has 0 aromatic rings. The van der Waals surface area contributed by atoms with Gasteiger partial charge in [-0.05, 0) is 13.8 Å².